The summed E-state index contributed by atoms with van der Waals surface area (Å²) in [4.78, 5) is 50.3. The summed E-state index contributed by atoms with van der Waals surface area (Å²) in [6.45, 7) is 0. The molecule has 0 bridgehead atoms. The molecule has 1 aliphatic rings. The highest BCUT2D eigenvalue weighted by molar-refractivity contribution is 6.23. The number of pyridine rings is 2. The van der Waals surface area contributed by atoms with Gasteiger partial charge in [-0.3, -0.25) is 34.4 Å². The molecule has 1 aromatic carbocycles. The van der Waals surface area contributed by atoms with Crippen LogP contribution in [0.5, 0.6) is 11.6 Å². The van der Waals surface area contributed by atoms with E-state index in [0.717, 1.165) is 10.6 Å². The van der Waals surface area contributed by atoms with E-state index in [2.05, 4.69) is 10.3 Å². The number of anilines is 1. The highest BCUT2D eigenvalue weighted by Crippen LogP contribution is 2.29. The second-order valence-corrected chi connectivity index (χ2v) is 5.96. The van der Waals surface area contributed by atoms with Crippen LogP contribution >= 0.6 is 0 Å². The van der Waals surface area contributed by atoms with Crippen molar-refractivity contribution in [3.8, 4) is 17.3 Å². The molecule has 144 valence electrons. The van der Waals surface area contributed by atoms with Gasteiger partial charge in [0.15, 0.2) is 0 Å². The molecule has 0 unspecified atom stereocenters. The van der Waals surface area contributed by atoms with Gasteiger partial charge in [-0.25, -0.2) is 4.98 Å². The van der Waals surface area contributed by atoms with Crippen LogP contribution in [-0.2, 0) is 0 Å². The zero-order valence-corrected chi connectivity index (χ0v) is 14.5. The van der Waals surface area contributed by atoms with E-state index in [4.69, 9.17) is 10.5 Å². The molecule has 4 rings (SSSR count). The first-order valence-corrected chi connectivity index (χ1v) is 8.15. The topological polar surface area (TPSA) is 159 Å². The minimum atomic E-state index is -0.682. The maximum absolute atomic E-state index is 12.4. The average molecular weight is 393 g/mol. The number of ether oxygens (including phenoxy) is 1. The van der Waals surface area contributed by atoms with Gasteiger partial charge in [0, 0.05) is 18.3 Å². The lowest BCUT2D eigenvalue weighted by Crippen LogP contribution is -2.24. The highest BCUT2D eigenvalue weighted by Gasteiger charge is 2.31. The second-order valence-electron chi connectivity index (χ2n) is 5.96. The van der Waals surface area contributed by atoms with Crippen LogP contribution in [0.3, 0.4) is 0 Å². The van der Waals surface area contributed by atoms with E-state index in [0.29, 0.717) is 5.69 Å². The fraction of sp³-hybridized carbons (Fsp3) is 0. The zero-order chi connectivity index (χ0) is 20.7. The number of aromatic nitrogens is 2. The Bertz CT molecular complexity index is 1250. The zero-order valence-electron chi connectivity index (χ0n) is 14.5. The average Bonchev–Trinajstić information content (AvgIpc) is 2.97. The third kappa shape index (κ3) is 2.96. The largest absolute Gasteiger partial charge is 0.434 e. The van der Waals surface area contributed by atoms with Gasteiger partial charge in [-0.2, -0.15) is 0 Å². The SMILES string of the molecule is Nc1c2c(cc(=O)n1-c1ccc(Oc3ncccc3[N+](=O)[O-])cc1)C(=O)NC2=O. The van der Waals surface area contributed by atoms with Crippen molar-refractivity contribution < 1.29 is 19.2 Å². The predicted octanol–water partition coefficient (Wildman–Crippen LogP) is 1.40. The van der Waals surface area contributed by atoms with E-state index < -0.39 is 22.3 Å². The number of carbonyl (C=O) groups is 2. The molecule has 0 saturated heterocycles. The Morgan fingerprint density at radius 3 is 2.52 bits per heavy atom. The molecule has 11 heteroatoms. The van der Waals surface area contributed by atoms with Crippen molar-refractivity contribution >= 4 is 23.3 Å². The van der Waals surface area contributed by atoms with Crippen LogP contribution in [0.2, 0.25) is 0 Å². The number of nitrogens with one attached hydrogen (secondary N) is 1. The smallest absolute Gasteiger partial charge is 0.331 e. The van der Waals surface area contributed by atoms with Gasteiger partial charge >= 0.3 is 5.69 Å². The fourth-order valence-electron chi connectivity index (χ4n) is 2.92. The van der Waals surface area contributed by atoms with E-state index in [-0.39, 0.29) is 34.3 Å². The molecule has 3 aromatic rings. The molecule has 0 radical (unpaired) electrons. The van der Waals surface area contributed by atoms with Gasteiger partial charge < -0.3 is 10.5 Å². The van der Waals surface area contributed by atoms with E-state index in [1.807, 2.05) is 0 Å². The number of nitrogens with zero attached hydrogens (tertiary/aromatic N) is 3. The molecule has 0 saturated carbocycles. The van der Waals surface area contributed by atoms with Crippen LogP contribution in [0.4, 0.5) is 11.5 Å². The number of hydrogen-bond donors (Lipinski definition) is 2. The summed E-state index contributed by atoms with van der Waals surface area (Å²) in [6.07, 6.45) is 1.36. The molecule has 29 heavy (non-hydrogen) atoms. The number of nitrogens with two attached hydrogens (primary N) is 1. The number of imide groups is 1. The summed E-state index contributed by atoms with van der Waals surface area (Å²) in [6, 6.07) is 9.57. The van der Waals surface area contributed by atoms with Crippen molar-refractivity contribution in [2.75, 3.05) is 5.73 Å². The van der Waals surface area contributed by atoms with Crippen LogP contribution in [0, 0.1) is 10.1 Å². The van der Waals surface area contributed by atoms with E-state index in [1.54, 1.807) is 0 Å². The molecule has 0 fully saturated rings. The fourth-order valence-corrected chi connectivity index (χ4v) is 2.92. The van der Waals surface area contributed by atoms with Gasteiger partial charge in [0.05, 0.1) is 21.7 Å². The highest BCUT2D eigenvalue weighted by atomic mass is 16.6. The van der Waals surface area contributed by atoms with Gasteiger partial charge in [-0.15, -0.1) is 0 Å². The third-order valence-electron chi connectivity index (χ3n) is 4.21. The molecule has 0 atom stereocenters. The Morgan fingerprint density at radius 2 is 1.83 bits per heavy atom. The molecule has 3 heterocycles. The van der Waals surface area contributed by atoms with Crippen LogP contribution in [0.15, 0.2) is 53.5 Å². The summed E-state index contributed by atoms with van der Waals surface area (Å²) in [7, 11) is 0. The first kappa shape index (κ1) is 17.9. The lowest BCUT2D eigenvalue weighted by molar-refractivity contribution is -0.386. The number of amides is 2. The minimum Gasteiger partial charge on any atom is -0.434 e. The molecule has 3 N–H and O–H groups in total. The van der Waals surface area contributed by atoms with Crippen LogP contribution in [0.1, 0.15) is 20.7 Å². The molecule has 2 aromatic heterocycles. The van der Waals surface area contributed by atoms with Crippen LogP contribution in [0.25, 0.3) is 5.69 Å². The van der Waals surface area contributed by atoms with Gasteiger partial charge in [0.25, 0.3) is 23.3 Å². The Hall–Kier alpha value is -4.54. The maximum Gasteiger partial charge on any atom is 0.331 e. The molecule has 11 nitrogen and oxygen atoms in total. The molecular formula is C18H11N5O6. The maximum atomic E-state index is 12.4. The molecule has 0 spiro atoms. The molecule has 2 amide bonds. The number of carbonyl (C=O) groups excluding carboxylic acids is 2. The predicted molar refractivity (Wildman–Crippen MR) is 99.2 cm³/mol. The normalized spacial score (nSPS) is 12.4. The first-order chi connectivity index (χ1) is 13.9. The first-order valence-electron chi connectivity index (χ1n) is 8.15. The second kappa shape index (κ2) is 6.56. The summed E-state index contributed by atoms with van der Waals surface area (Å²) >= 11 is 0. The van der Waals surface area contributed by atoms with Gasteiger partial charge in [-0.1, -0.05) is 0 Å². The Morgan fingerprint density at radius 1 is 1.10 bits per heavy atom. The summed E-state index contributed by atoms with van der Waals surface area (Å²) in [5, 5.41) is 13.1. The Kier molecular flexibility index (Phi) is 4.04. The van der Waals surface area contributed by atoms with Crippen LogP contribution in [-0.4, -0.2) is 26.3 Å². The van der Waals surface area contributed by atoms with Crippen molar-refractivity contribution in [1.29, 1.82) is 0 Å². The quantitative estimate of drug-likeness (QED) is 0.382. The van der Waals surface area contributed by atoms with Crippen molar-refractivity contribution in [3.05, 3.63) is 80.3 Å². The van der Waals surface area contributed by atoms with Gasteiger partial charge in [0.2, 0.25) is 0 Å². The van der Waals surface area contributed by atoms with Crippen molar-refractivity contribution in [1.82, 2.24) is 14.9 Å². The Labute approximate surface area is 161 Å². The monoisotopic (exact) mass is 393 g/mol. The lowest BCUT2D eigenvalue weighted by Gasteiger charge is -2.12. The van der Waals surface area contributed by atoms with E-state index in [9.17, 15) is 24.5 Å². The molecule has 1 aliphatic heterocycles. The summed E-state index contributed by atoms with van der Waals surface area (Å²) < 4.78 is 6.52. The number of rotatable bonds is 4. The number of nitrogen functional groups attached to an aromatic ring is 1. The van der Waals surface area contributed by atoms with Crippen molar-refractivity contribution in [2.24, 2.45) is 0 Å². The standard InChI is InChI=1S/C18H11N5O6/c19-15-14-11(16(25)21-17(14)26)8-13(24)22(15)9-3-5-10(6-4-9)29-18-12(23(27)28)2-1-7-20-18/h1-8H,19H2,(H,21,25,26). The minimum absolute atomic E-state index is 0.0703. The number of fused-ring (bicyclic) bond motifs is 1. The van der Waals surface area contributed by atoms with E-state index >= 15 is 0 Å². The summed E-state index contributed by atoms with van der Waals surface area (Å²) in [5.74, 6) is -1.49. The van der Waals surface area contributed by atoms with E-state index in [1.165, 1.54) is 42.6 Å². The number of benzene rings is 1. The van der Waals surface area contributed by atoms with Crippen molar-refractivity contribution in [3.63, 3.8) is 0 Å². The third-order valence-corrected chi connectivity index (χ3v) is 4.21. The molecular weight excluding hydrogens is 382 g/mol. The van der Waals surface area contributed by atoms with Gasteiger partial charge in [-0.05, 0) is 30.3 Å². The van der Waals surface area contributed by atoms with Crippen LogP contribution < -0.4 is 21.3 Å². The van der Waals surface area contributed by atoms with Crippen molar-refractivity contribution in [2.45, 2.75) is 0 Å². The van der Waals surface area contributed by atoms with Gasteiger partial charge in [0.1, 0.15) is 11.6 Å². The number of nitro groups is 1. The number of hydrogen-bond acceptors (Lipinski definition) is 8. The lowest BCUT2D eigenvalue weighted by atomic mass is 10.1. The molecule has 0 aliphatic carbocycles. The Balaban J connectivity index is 1.71. The summed E-state index contributed by atoms with van der Waals surface area (Å²) in [5.41, 5.74) is 5.24.